The Morgan fingerprint density at radius 1 is 1.40 bits per heavy atom. The van der Waals surface area contributed by atoms with Gasteiger partial charge < -0.3 is 14.6 Å². The van der Waals surface area contributed by atoms with E-state index in [4.69, 9.17) is 14.6 Å². The number of aliphatic hydroxyl groups is 1. The van der Waals surface area contributed by atoms with Crippen LogP contribution in [0.4, 0.5) is 0 Å². The Kier molecular flexibility index (Phi) is 5.91. The van der Waals surface area contributed by atoms with Gasteiger partial charge in [0, 0.05) is 20.3 Å². The molecule has 1 heterocycles. The van der Waals surface area contributed by atoms with Crippen molar-refractivity contribution < 1.29 is 14.6 Å². The molecule has 0 aliphatic heterocycles. The van der Waals surface area contributed by atoms with Crippen molar-refractivity contribution >= 4 is 0 Å². The fourth-order valence-electron chi connectivity index (χ4n) is 1.16. The smallest absolute Gasteiger partial charge is 0.152 e. The number of methoxy groups -OCH3 is 1. The minimum absolute atomic E-state index is 0.0788. The lowest BCUT2D eigenvalue weighted by molar-refractivity contribution is 0.0674. The average molecular weight is 215 g/mol. The van der Waals surface area contributed by atoms with E-state index >= 15 is 0 Å². The van der Waals surface area contributed by atoms with Crippen LogP contribution in [0.2, 0.25) is 0 Å². The molecule has 1 rings (SSSR count). The molecule has 1 aromatic rings. The number of aromatic nitrogens is 3. The summed E-state index contributed by atoms with van der Waals surface area (Å²) in [4.78, 5) is 3.90. The van der Waals surface area contributed by atoms with Crippen LogP contribution >= 0.6 is 0 Å². The zero-order valence-electron chi connectivity index (χ0n) is 8.93. The predicted molar refractivity (Wildman–Crippen MR) is 53.3 cm³/mol. The fourth-order valence-corrected chi connectivity index (χ4v) is 1.16. The van der Waals surface area contributed by atoms with Crippen LogP contribution in [0, 0.1) is 0 Å². The quantitative estimate of drug-likeness (QED) is 0.609. The van der Waals surface area contributed by atoms with Crippen LogP contribution in [0.15, 0.2) is 6.33 Å². The third kappa shape index (κ3) is 4.37. The summed E-state index contributed by atoms with van der Waals surface area (Å²) in [5.74, 6) is 0.590. The van der Waals surface area contributed by atoms with Crippen molar-refractivity contribution in [1.82, 2.24) is 14.8 Å². The Morgan fingerprint density at radius 2 is 2.27 bits per heavy atom. The Labute approximate surface area is 88.8 Å². The van der Waals surface area contributed by atoms with Crippen molar-refractivity contribution in [3.63, 3.8) is 0 Å². The minimum atomic E-state index is -0.0788. The van der Waals surface area contributed by atoms with Crippen LogP contribution < -0.4 is 0 Å². The van der Waals surface area contributed by atoms with E-state index in [0.717, 1.165) is 6.42 Å². The third-order valence-electron chi connectivity index (χ3n) is 1.93. The molecule has 0 saturated heterocycles. The molecule has 0 unspecified atom stereocenters. The number of hydrogen-bond donors (Lipinski definition) is 1. The second kappa shape index (κ2) is 7.33. The fraction of sp³-hybridized carbons (Fsp3) is 0.778. The summed E-state index contributed by atoms with van der Waals surface area (Å²) in [5.41, 5.74) is 0. The van der Waals surface area contributed by atoms with Gasteiger partial charge in [-0.15, -0.1) is 0 Å². The molecule has 0 atom stereocenters. The van der Waals surface area contributed by atoms with E-state index in [1.807, 2.05) is 0 Å². The van der Waals surface area contributed by atoms with Gasteiger partial charge in [0.05, 0.1) is 13.2 Å². The highest BCUT2D eigenvalue weighted by molar-refractivity contribution is 4.80. The van der Waals surface area contributed by atoms with E-state index in [1.165, 1.54) is 6.33 Å². The molecule has 1 N–H and O–H groups in total. The van der Waals surface area contributed by atoms with Crippen LogP contribution in [0.5, 0.6) is 0 Å². The van der Waals surface area contributed by atoms with Crippen molar-refractivity contribution in [1.29, 1.82) is 0 Å². The highest BCUT2D eigenvalue weighted by Crippen LogP contribution is 1.96. The Bertz CT molecular complexity index is 265. The Morgan fingerprint density at radius 3 is 3.00 bits per heavy atom. The van der Waals surface area contributed by atoms with Crippen molar-refractivity contribution in [3.05, 3.63) is 12.2 Å². The van der Waals surface area contributed by atoms with Crippen LogP contribution in [-0.2, 0) is 22.6 Å². The second-order valence-electron chi connectivity index (χ2n) is 3.02. The molecule has 0 spiro atoms. The van der Waals surface area contributed by atoms with Gasteiger partial charge in [-0.2, -0.15) is 5.10 Å². The molecule has 0 bridgehead atoms. The lowest BCUT2D eigenvalue weighted by atomic mass is 10.4. The zero-order valence-corrected chi connectivity index (χ0v) is 8.93. The molecule has 15 heavy (non-hydrogen) atoms. The molecule has 0 amide bonds. The maximum absolute atomic E-state index is 8.91. The average Bonchev–Trinajstić information content (AvgIpc) is 2.70. The van der Waals surface area contributed by atoms with Crippen LogP contribution in [0.25, 0.3) is 0 Å². The summed E-state index contributed by atoms with van der Waals surface area (Å²) in [6, 6.07) is 0. The van der Waals surface area contributed by atoms with Crippen molar-refractivity contribution in [2.24, 2.45) is 0 Å². The largest absolute Gasteiger partial charge is 0.388 e. The predicted octanol–water partition coefficient (Wildman–Crippen LogP) is -0.177. The van der Waals surface area contributed by atoms with E-state index in [-0.39, 0.29) is 6.61 Å². The monoisotopic (exact) mass is 215 g/mol. The molecule has 0 radical (unpaired) electrons. The first-order valence-electron chi connectivity index (χ1n) is 4.92. The lowest BCUT2D eigenvalue weighted by Gasteiger charge is -2.05. The van der Waals surface area contributed by atoms with E-state index in [0.29, 0.717) is 32.2 Å². The summed E-state index contributed by atoms with van der Waals surface area (Å²) < 4.78 is 11.8. The van der Waals surface area contributed by atoms with Crippen LogP contribution in [-0.4, -0.2) is 46.8 Å². The molecular formula is C9H17N3O3. The molecule has 6 heteroatoms. The van der Waals surface area contributed by atoms with Crippen LogP contribution in [0.3, 0.4) is 0 Å². The summed E-state index contributed by atoms with van der Waals surface area (Å²) in [6.45, 7) is 2.52. The molecule has 0 aliphatic carbocycles. The molecule has 86 valence electrons. The zero-order chi connectivity index (χ0) is 10.9. The highest BCUT2D eigenvalue weighted by atomic mass is 16.5. The number of hydrogen-bond acceptors (Lipinski definition) is 5. The molecule has 0 aromatic carbocycles. The van der Waals surface area contributed by atoms with Gasteiger partial charge >= 0.3 is 0 Å². The SMILES string of the molecule is COCCOCCCn1ncnc1CO. The van der Waals surface area contributed by atoms with Gasteiger partial charge in [0.25, 0.3) is 0 Å². The topological polar surface area (TPSA) is 69.4 Å². The van der Waals surface area contributed by atoms with Gasteiger partial charge in [-0.05, 0) is 6.42 Å². The van der Waals surface area contributed by atoms with Gasteiger partial charge in [-0.3, -0.25) is 0 Å². The number of rotatable bonds is 8. The lowest BCUT2D eigenvalue weighted by Crippen LogP contribution is -2.09. The summed E-state index contributed by atoms with van der Waals surface area (Å²) >= 11 is 0. The molecule has 0 saturated carbocycles. The summed E-state index contributed by atoms with van der Waals surface area (Å²) in [7, 11) is 1.65. The van der Waals surface area contributed by atoms with E-state index < -0.39 is 0 Å². The maximum atomic E-state index is 8.91. The van der Waals surface area contributed by atoms with Crippen LogP contribution in [0.1, 0.15) is 12.2 Å². The third-order valence-corrected chi connectivity index (χ3v) is 1.93. The number of ether oxygens (including phenoxy) is 2. The first-order chi connectivity index (χ1) is 7.38. The van der Waals surface area contributed by atoms with E-state index in [9.17, 15) is 0 Å². The first-order valence-corrected chi connectivity index (χ1v) is 4.92. The molecule has 0 aliphatic rings. The van der Waals surface area contributed by atoms with Gasteiger partial charge in [0.2, 0.25) is 0 Å². The maximum Gasteiger partial charge on any atom is 0.152 e. The molecule has 0 fully saturated rings. The second-order valence-corrected chi connectivity index (χ2v) is 3.02. The van der Waals surface area contributed by atoms with E-state index in [1.54, 1.807) is 11.8 Å². The molecular weight excluding hydrogens is 198 g/mol. The van der Waals surface area contributed by atoms with Crippen molar-refractivity contribution in [3.8, 4) is 0 Å². The normalized spacial score (nSPS) is 10.8. The van der Waals surface area contributed by atoms with Crippen molar-refractivity contribution in [2.75, 3.05) is 26.9 Å². The first kappa shape index (κ1) is 12.1. The minimum Gasteiger partial charge on any atom is -0.388 e. The molecule has 1 aromatic heterocycles. The van der Waals surface area contributed by atoms with Gasteiger partial charge in [0.1, 0.15) is 12.9 Å². The van der Waals surface area contributed by atoms with Gasteiger partial charge in [0.15, 0.2) is 5.82 Å². The summed E-state index contributed by atoms with van der Waals surface area (Å²) in [5, 5.41) is 12.9. The number of aliphatic hydroxyl groups excluding tert-OH is 1. The summed E-state index contributed by atoms with van der Waals surface area (Å²) in [6.07, 6.45) is 2.29. The highest BCUT2D eigenvalue weighted by Gasteiger charge is 2.01. The Balaban J connectivity index is 2.09. The van der Waals surface area contributed by atoms with E-state index in [2.05, 4.69) is 10.1 Å². The molecule has 6 nitrogen and oxygen atoms in total. The van der Waals surface area contributed by atoms with Crippen molar-refractivity contribution in [2.45, 2.75) is 19.6 Å². The van der Waals surface area contributed by atoms with Gasteiger partial charge in [-0.25, -0.2) is 9.67 Å². The van der Waals surface area contributed by atoms with Gasteiger partial charge in [-0.1, -0.05) is 0 Å². The Hall–Kier alpha value is -0.980. The standard InChI is InChI=1S/C9H17N3O3/c1-14-5-6-15-4-2-3-12-9(7-13)10-8-11-12/h8,13H,2-7H2,1H3. The number of aryl methyl sites for hydroxylation is 1. The number of nitrogens with zero attached hydrogens (tertiary/aromatic N) is 3.